The van der Waals surface area contributed by atoms with Gasteiger partial charge in [-0.25, -0.2) is 9.48 Å². The third-order valence-corrected chi connectivity index (χ3v) is 4.13. The molecule has 0 aliphatic heterocycles. The Kier molecular flexibility index (Phi) is 4.52. The highest BCUT2D eigenvalue weighted by Gasteiger charge is 2.30. The number of thioether (sulfide) groups is 1. The second kappa shape index (κ2) is 6.17. The standard InChI is InChI=1S/C14H17N3O3S/c1-14(2,13(18)19)17-8-10(15-16-17)9-21-12-6-4-11(20-3)5-7-12/h4-8H,9H2,1-3H3,(H,18,19). The molecule has 0 atom stereocenters. The van der Waals surface area contributed by atoms with Crippen molar-refractivity contribution in [2.45, 2.75) is 30.0 Å². The van der Waals surface area contributed by atoms with Gasteiger partial charge in [0, 0.05) is 10.6 Å². The molecule has 7 heteroatoms. The number of aliphatic carboxylic acids is 1. The summed E-state index contributed by atoms with van der Waals surface area (Å²) in [7, 11) is 1.63. The molecule has 0 fully saturated rings. The highest BCUT2D eigenvalue weighted by atomic mass is 32.2. The van der Waals surface area contributed by atoms with Crippen LogP contribution in [0.4, 0.5) is 0 Å². The van der Waals surface area contributed by atoms with E-state index in [1.54, 1.807) is 38.9 Å². The maximum atomic E-state index is 11.2. The first kappa shape index (κ1) is 15.4. The van der Waals surface area contributed by atoms with E-state index >= 15 is 0 Å². The number of aromatic nitrogens is 3. The van der Waals surface area contributed by atoms with Gasteiger partial charge in [-0.15, -0.1) is 16.9 Å². The highest BCUT2D eigenvalue weighted by Crippen LogP contribution is 2.24. The van der Waals surface area contributed by atoms with E-state index in [-0.39, 0.29) is 0 Å². The SMILES string of the molecule is COc1ccc(SCc2cn(C(C)(C)C(=O)O)nn2)cc1. The van der Waals surface area contributed by atoms with Crippen LogP contribution in [0.25, 0.3) is 0 Å². The van der Waals surface area contributed by atoms with E-state index in [0.29, 0.717) is 5.75 Å². The number of nitrogens with zero attached hydrogens (tertiary/aromatic N) is 3. The highest BCUT2D eigenvalue weighted by molar-refractivity contribution is 7.98. The van der Waals surface area contributed by atoms with E-state index in [1.165, 1.54) is 4.68 Å². The van der Waals surface area contributed by atoms with Crippen molar-refractivity contribution in [1.82, 2.24) is 15.0 Å². The molecule has 0 unspecified atom stereocenters. The van der Waals surface area contributed by atoms with Crippen molar-refractivity contribution >= 4 is 17.7 Å². The summed E-state index contributed by atoms with van der Waals surface area (Å²) in [4.78, 5) is 12.3. The molecular formula is C14H17N3O3S. The Labute approximate surface area is 127 Å². The summed E-state index contributed by atoms with van der Waals surface area (Å²) in [6, 6.07) is 7.73. The molecule has 0 saturated carbocycles. The van der Waals surface area contributed by atoms with Crippen molar-refractivity contribution in [1.29, 1.82) is 0 Å². The number of ether oxygens (including phenoxy) is 1. The van der Waals surface area contributed by atoms with Crippen molar-refractivity contribution < 1.29 is 14.6 Å². The first-order chi connectivity index (χ1) is 9.93. The molecule has 0 aliphatic carbocycles. The Morgan fingerprint density at radius 2 is 2.05 bits per heavy atom. The number of hydrogen-bond acceptors (Lipinski definition) is 5. The van der Waals surface area contributed by atoms with Gasteiger partial charge in [0.2, 0.25) is 0 Å². The normalized spacial score (nSPS) is 11.4. The van der Waals surface area contributed by atoms with Crippen LogP contribution in [-0.2, 0) is 16.1 Å². The topological polar surface area (TPSA) is 77.2 Å². The minimum absolute atomic E-state index is 0.627. The fraction of sp³-hybridized carbons (Fsp3) is 0.357. The van der Waals surface area contributed by atoms with E-state index in [4.69, 9.17) is 9.84 Å². The van der Waals surface area contributed by atoms with Gasteiger partial charge in [-0.05, 0) is 38.1 Å². The number of hydrogen-bond donors (Lipinski definition) is 1. The molecule has 0 radical (unpaired) electrons. The number of carboxylic acids is 1. The van der Waals surface area contributed by atoms with Crippen molar-refractivity contribution in [3.63, 3.8) is 0 Å². The zero-order chi connectivity index (χ0) is 15.5. The molecular weight excluding hydrogens is 290 g/mol. The van der Waals surface area contributed by atoms with Gasteiger partial charge in [0.25, 0.3) is 0 Å². The molecule has 1 aromatic heterocycles. The lowest BCUT2D eigenvalue weighted by Gasteiger charge is -2.18. The molecule has 6 nitrogen and oxygen atoms in total. The molecule has 2 aromatic rings. The smallest absolute Gasteiger partial charge is 0.331 e. The fourth-order valence-corrected chi connectivity index (χ4v) is 2.34. The second-order valence-corrected chi connectivity index (χ2v) is 6.03. The molecule has 0 bridgehead atoms. The first-order valence-corrected chi connectivity index (χ1v) is 7.34. The Bertz CT molecular complexity index is 623. The van der Waals surface area contributed by atoms with E-state index < -0.39 is 11.5 Å². The lowest BCUT2D eigenvalue weighted by molar-refractivity contribution is -0.146. The minimum atomic E-state index is -1.10. The summed E-state index contributed by atoms with van der Waals surface area (Å²) in [5.41, 5.74) is -0.360. The van der Waals surface area contributed by atoms with E-state index in [2.05, 4.69) is 10.3 Å². The van der Waals surface area contributed by atoms with E-state index in [9.17, 15) is 4.79 Å². The molecule has 21 heavy (non-hydrogen) atoms. The fourth-order valence-electron chi connectivity index (χ4n) is 1.56. The third-order valence-electron chi connectivity index (χ3n) is 3.08. The van der Waals surface area contributed by atoms with Crippen LogP contribution in [0.2, 0.25) is 0 Å². The minimum Gasteiger partial charge on any atom is -0.497 e. The van der Waals surface area contributed by atoms with Crippen molar-refractivity contribution in [2.75, 3.05) is 7.11 Å². The van der Waals surface area contributed by atoms with Crippen LogP contribution < -0.4 is 4.74 Å². The molecule has 1 N–H and O–H groups in total. The summed E-state index contributed by atoms with van der Waals surface area (Å²) in [5.74, 6) is 0.498. The summed E-state index contributed by atoms with van der Waals surface area (Å²) >= 11 is 1.61. The average molecular weight is 307 g/mol. The van der Waals surface area contributed by atoms with Crippen molar-refractivity contribution in [3.05, 3.63) is 36.2 Å². The largest absolute Gasteiger partial charge is 0.497 e. The number of benzene rings is 1. The molecule has 0 amide bonds. The van der Waals surface area contributed by atoms with E-state index in [0.717, 1.165) is 16.3 Å². The lowest BCUT2D eigenvalue weighted by Crippen LogP contribution is -2.36. The van der Waals surface area contributed by atoms with Gasteiger partial charge in [-0.3, -0.25) is 0 Å². The van der Waals surface area contributed by atoms with Gasteiger partial charge >= 0.3 is 5.97 Å². The Morgan fingerprint density at radius 1 is 1.38 bits per heavy atom. The van der Waals surface area contributed by atoms with Crippen molar-refractivity contribution in [3.8, 4) is 5.75 Å². The predicted octanol–water partition coefficient (Wildman–Crippen LogP) is 2.40. The van der Waals surface area contributed by atoms with Crippen LogP contribution in [0.1, 0.15) is 19.5 Å². The Balaban J connectivity index is 2.01. The Morgan fingerprint density at radius 3 is 2.62 bits per heavy atom. The second-order valence-electron chi connectivity index (χ2n) is 4.98. The van der Waals surface area contributed by atoms with Gasteiger partial charge in [-0.2, -0.15) is 0 Å². The monoisotopic (exact) mass is 307 g/mol. The first-order valence-electron chi connectivity index (χ1n) is 6.35. The molecule has 112 valence electrons. The molecule has 0 aliphatic rings. The van der Waals surface area contributed by atoms with Crippen LogP contribution in [0.15, 0.2) is 35.4 Å². The summed E-state index contributed by atoms with van der Waals surface area (Å²) in [6.07, 6.45) is 1.67. The maximum absolute atomic E-state index is 11.2. The zero-order valence-electron chi connectivity index (χ0n) is 12.1. The quantitative estimate of drug-likeness (QED) is 0.826. The van der Waals surface area contributed by atoms with Gasteiger partial charge < -0.3 is 9.84 Å². The van der Waals surface area contributed by atoms with Crippen LogP contribution in [-0.4, -0.2) is 33.2 Å². The van der Waals surface area contributed by atoms with Gasteiger partial charge in [0.15, 0.2) is 5.54 Å². The molecule has 0 spiro atoms. The van der Waals surface area contributed by atoms with Crippen LogP contribution >= 0.6 is 11.8 Å². The molecule has 2 rings (SSSR count). The number of rotatable bonds is 6. The van der Waals surface area contributed by atoms with Crippen LogP contribution in [0.5, 0.6) is 5.75 Å². The van der Waals surface area contributed by atoms with Gasteiger partial charge in [0.05, 0.1) is 19.0 Å². The van der Waals surface area contributed by atoms with Gasteiger partial charge in [0.1, 0.15) is 5.75 Å². The Hall–Kier alpha value is -2.02. The summed E-state index contributed by atoms with van der Waals surface area (Å²) in [6.45, 7) is 3.18. The lowest BCUT2D eigenvalue weighted by atomic mass is 10.1. The number of carbonyl (C=O) groups is 1. The number of methoxy groups -OCH3 is 1. The number of carboxylic acid groups (broad SMARTS) is 1. The zero-order valence-corrected chi connectivity index (χ0v) is 12.9. The predicted molar refractivity (Wildman–Crippen MR) is 79.5 cm³/mol. The summed E-state index contributed by atoms with van der Waals surface area (Å²) < 4.78 is 6.48. The van der Waals surface area contributed by atoms with Crippen LogP contribution in [0.3, 0.4) is 0 Å². The molecule has 1 aromatic carbocycles. The molecule has 0 saturated heterocycles. The van der Waals surface area contributed by atoms with E-state index in [1.807, 2.05) is 24.3 Å². The molecule has 1 heterocycles. The third kappa shape index (κ3) is 3.55. The average Bonchev–Trinajstić information content (AvgIpc) is 2.95. The maximum Gasteiger partial charge on any atom is 0.331 e. The summed E-state index contributed by atoms with van der Waals surface area (Å²) in [5, 5.41) is 17.1. The van der Waals surface area contributed by atoms with Gasteiger partial charge in [-0.1, -0.05) is 5.21 Å². The van der Waals surface area contributed by atoms with Crippen LogP contribution in [0, 0.1) is 0 Å². The van der Waals surface area contributed by atoms with Crippen molar-refractivity contribution in [2.24, 2.45) is 0 Å².